The van der Waals surface area contributed by atoms with E-state index in [0.29, 0.717) is 11.3 Å². The summed E-state index contributed by atoms with van der Waals surface area (Å²) in [6, 6.07) is 18.2. The predicted octanol–water partition coefficient (Wildman–Crippen LogP) is 3.96. The Morgan fingerprint density at radius 1 is 1.05 bits per heavy atom. The number of nitrogens with zero attached hydrogens (tertiary/aromatic N) is 4. The van der Waals surface area contributed by atoms with Crippen molar-refractivity contribution >= 4 is 33.9 Å². The van der Waals surface area contributed by atoms with Gasteiger partial charge in [0.25, 0.3) is 0 Å². The number of methoxy groups -OCH3 is 2. The minimum Gasteiger partial charge on any atom is -0.466 e. The highest BCUT2D eigenvalue weighted by Gasteiger charge is 2.42. The SMILES string of the molecule is COC(=O)C1=C(C(=O)OC)N(c2ccc(-c3cn4ccsc4n3)cc2)C(N)=C(C#N)C1c1ccccc1. The third kappa shape index (κ3) is 4.01. The smallest absolute Gasteiger partial charge is 0.355 e. The van der Waals surface area contributed by atoms with Crippen molar-refractivity contribution in [3.8, 4) is 17.3 Å². The van der Waals surface area contributed by atoms with Crippen LogP contribution in [0.25, 0.3) is 16.2 Å². The zero-order valence-corrected chi connectivity index (χ0v) is 20.7. The van der Waals surface area contributed by atoms with Gasteiger partial charge in [0.05, 0.1) is 43.0 Å². The fourth-order valence-electron chi connectivity index (χ4n) is 4.43. The summed E-state index contributed by atoms with van der Waals surface area (Å²) in [7, 11) is 2.43. The highest BCUT2D eigenvalue weighted by atomic mass is 32.1. The highest BCUT2D eigenvalue weighted by molar-refractivity contribution is 7.15. The number of imidazole rings is 1. The van der Waals surface area contributed by atoms with Gasteiger partial charge >= 0.3 is 11.9 Å². The van der Waals surface area contributed by atoms with Crippen molar-refractivity contribution in [3.05, 3.63) is 101 Å². The predicted molar refractivity (Wildman–Crippen MR) is 138 cm³/mol. The molecule has 4 aromatic rings. The molecule has 0 saturated heterocycles. The normalized spacial score (nSPS) is 15.6. The van der Waals surface area contributed by atoms with E-state index in [2.05, 4.69) is 11.1 Å². The molecule has 5 rings (SSSR count). The third-order valence-corrected chi connectivity index (χ3v) is 6.90. The molecule has 10 heteroatoms. The van der Waals surface area contributed by atoms with Crippen molar-refractivity contribution < 1.29 is 19.1 Å². The molecule has 0 aliphatic carbocycles. The van der Waals surface area contributed by atoms with Crippen LogP contribution in [0.2, 0.25) is 0 Å². The monoisotopic (exact) mass is 511 g/mol. The van der Waals surface area contributed by atoms with E-state index in [4.69, 9.17) is 15.2 Å². The number of fused-ring (bicyclic) bond motifs is 1. The summed E-state index contributed by atoms with van der Waals surface area (Å²) >= 11 is 1.53. The van der Waals surface area contributed by atoms with Gasteiger partial charge in [-0.2, -0.15) is 5.26 Å². The molecular formula is C27H21N5O4S. The summed E-state index contributed by atoms with van der Waals surface area (Å²) in [5, 5.41) is 12.1. The molecule has 0 radical (unpaired) electrons. The molecule has 1 aliphatic rings. The number of nitriles is 1. The highest BCUT2D eigenvalue weighted by Crippen LogP contribution is 2.43. The molecular weight excluding hydrogens is 490 g/mol. The van der Waals surface area contributed by atoms with Crippen LogP contribution in [-0.4, -0.2) is 35.5 Å². The van der Waals surface area contributed by atoms with E-state index in [-0.39, 0.29) is 22.7 Å². The van der Waals surface area contributed by atoms with Gasteiger partial charge in [0.15, 0.2) is 4.96 Å². The van der Waals surface area contributed by atoms with Crippen LogP contribution in [-0.2, 0) is 19.1 Å². The van der Waals surface area contributed by atoms with E-state index in [1.165, 1.54) is 30.5 Å². The summed E-state index contributed by atoms with van der Waals surface area (Å²) in [6.45, 7) is 0. The number of thiazole rings is 1. The molecule has 2 N–H and O–H groups in total. The molecule has 37 heavy (non-hydrogen) atoms. The van der Waals surface area contributed by atoms with Crippen LogP contribution in [0.4, 0.5) is 5.69 Å². The Morgan fingerprint density at radius 3 is 2.38 bits per heavy atom. The van der Waals surface area contributed by atoms with Crippen molar-refractivity contribution in [1.82, 2.24) is 9.38 Å². The lowest BCUT2D eigenvalue weighted by molar-refractivity contribution is -0.139. The number of anilines is 1. The summed E-state index contributed by atoms with van der Waals surface area (Å²) in [5.41, 5.74) is 9.19. The van der Waals surface area contributed by atoms with Crippen LogP contribution < -0.4 is 10.6 Å². The number of hydrogen-bond acceptors (Lipinski definition) is 9. The molecule has 0 bridgehead atoms. The van der Waals surface area contributed by atoms with Gasteiger partial charge < -0.3 is 15.2 Å². The average molecular weight is 512 g/mol. The number of benzene rings is 2. The summed E-state index contributed by atoms with van der Waals surface area (Å²) in [4.78, 5) is 33.1. The second-order valence-electron chi connectivity index (χ2n) is 8.10. The quantitative estimate of drug-likeness (QED) is 0.400. The largest absolute Gasteiger partial charge is 0.466 e. The number of hydrogen-bond donors (Lipinski definition) is 1. The molecule has 3 heterocycles. The van der Waals surface area contributed by atoms with Gasteiger partial charge in [-0.3, -0.25) is 9.30 Å². The number of nitrogens with two attached hydrogens (primary N) is 1. The number of carbonyl (C=O) groups is 2. The average Bonchev–Trinajstić information content (AvgIpc) is 3.55. The van der Waals surface area contributed by atoms with Crippen molar-refractivity contribution in [2.75, 3.05) is 19.1 Å². The summed E-state index contributed by atoms with van der Waals surface area (Å²) in [5.74, 6) is -2.46. The van der Waals surface area contributed by atoms with E-state index in [1.54, 1.807) is 36.4 Å². The number of rotatable bonds is 5. The number of aromatic nitrogens is 2. The van der Waals surface area contributed by atoms with Crippen molar-refractivity contribution in [1.29, 1.82) is 5.26 Å². The van der Waals surface area contributed by atoms with Crippen LogP contribution in [0.5, 0.6) is 0 Å². The first-order valence-corrected chi connectivity index (χ1v) is 12.0. The van der Waals surface area contributed by atoms with Gasteiger partial charge in [-0.05, 0) is 17.7 Å². The fraction of sp³-hybridized carbons (Fsp3) is 0.111. The Balaban J connectivity index is 1.69. The van der Waals surface area contributed by atoms with Crippen LogP contribution >= 0.6 is 11.3 Å². The van der Waals surface area contributed by atoms with Crippen LogP contribution in [0.3, 0.4) is 0 Å². The molecule has 1 unspecified atom stereocenters. The molecule has 0 amide bonds. The molecule has 0 saturated carbocycles. The first kappa shape index (κ1) is 23.8. The number of allylic oxidation sites excluding steroid dienone is 1. The Kier molecular flexibility index (Phi) is 6.21. The van der Waals surface area contributed by atoms with Crippen LogP contribution in [0.1, 0.15) is 11.5 Å². The molecule has 184 valence electrons. The van der Waals surface area contributed by atoms with Gasteiger partial charge in [-0.25, -0.2) is 14.6 Å². The first-order chi connectivity index (χ1) is 18.0. The van der Waals surface area contributed by atoms with E-state index >= 15 is 0 Å². The van der Waals surface area contributed by atoms with Gasteiger partial charge in [0.1, 0.15) is 11.5 Å². The Morgan fingerprint density at radius 2 is 1.76 bits per heavy atom. The zero-order valence-electron chi connectivity index (χ0n) is 19.9. The lowest BCUT2D eigenvalue weighted by Gasteiger charge is -2.35. The topological polar surface area (TPSA) is 123 Å². The summed E-state index contributed by atoms with van der Waals surface area (Å²) in [6.07, 6.45) is 3.85. The minimum atomic E-state index is -0.915. The van der Waals surface area contributed by atoms with Gasteiger partial charge in [0, 0.05) is 29.0 Å². The van der Waals surface area contributed by atoms with Gasteiger partial charge in [-0.1, -0.05) is 42.5 Å². The fourth-order valence-corrected chi connectivity index (χ4v) is 5.13. The molecule has 2 aromatic heterocycles. The van der Waals surface area contributed by atoms with Gasteiger partial charge in [-0.15, -0.1) is 11.3 Å². The van der Waals surface area contributed by atoms with E-state index in [0.717, 1.165) is 16.2 Å². The van der Waals surface area contributed by atoms with E-state index in [9.17, 15) is 14.9 Å². The Hall–Kier alpha value is -4.88. The minimum absolute atomic E-state index is 0.0136. The van der Waals surface area contributed by atoms with Crippen molar-refractivity contribution in [2.24, 2.45) is 5.73 Å². The molecule has 1 atom stereocenters. The second kappa shape index (κ2) is 9.64. The number of ether oxygens (including phenoxy) is 2. The maximum atomic E-state index is 13.2. The standard InChI is InChI=1S/C27H21N5O4S/c1-35-25(33)22-21(17-6-4-3-5-7-17)19(14-28)24(29)32(23(22)26(34)36-2)18-10-8-16(9-11-18)20-15-31-12-13-37-27(31)30-20/h3-13,15,21H,29H2,1-2H3. The lowest BCUT2D eigenvalue weighted by atomic mass is 9.81. The first-order valence-electron chi connectivity index (χ1n) is 11.2. The number of carbonyl (C=O) groups excluding carboxylic acids is 2. The Bertz CT molecular complexity index is 1580. The van der Waals surface area contributed by atoms with Crippen molar-refractivity contribution in [3.63, 3.8) is 0 Å². The Labute approximate surface area is 216 Å². The molecule has 0 fully saturated rings. The molecule has 2 aromatic carbocycles. The molecule has 9 nitrogen and oxygen atoms in total. The third-order valence-electron chi connectivity index (χ3n) is 6.12. The van der Waals surface area contributed by atoms with Crippen LogP contribution in [0, 0.1) is 11.3 Å². The zero-order chi connectivity index (χ0) is 26.1. The van der Waals surface area contributed by atoms with Crippen LogP contribution in [0.15, 0.2) is 95.0 Å². The maximum Gasteiger partial charge on any atom is 0.355 e. The maximum absolute atomic E-state index is 13.2. The van der Waals surface area contributed by atoms with Crippen molar-refractivity contribution in [2.45, 2.75) is 5.92 Å². The van der Waals surface area contributed by atoms with Gasteiger partial charge in [0.2, 0.25) is 0 Å². The van der Waals surface area contributed by atoms with E-state index in [1.807, 2.05) is 40.4 Å². The lowest BCUT2D eigenvalue weighted by Crippen LogP contribution is -2.40. The number of esters is 2. The van der Waals surface area contributed by atoms with E-state index < -0.39 is 17.9 Å². The second-order valence-corrected chi connectivity index (χ2v) is 8.97. The summed E-state index contributed by atoms with van der Waals surface area (Å²) < 4.78 is 12.1. The molecule has 0 spiro atoms. The molecule has 1 aliphatic heterocycles.